The highest BCUT2D eigenvalue weighted by molar-refractivity contribution is 6.30. The predicted molar refractivity (Wildman–Crippen MR) is 104 cm³/mol. The summed E-state index contributed by atoms with van der Waals surface area (Å²) in [6, 6.07) is 8.66. The van der Waals surface area contributed by atoms with Crippen LogP contribution in [-0.2, 0) is 9.47 Å². The summed E-state index contributed by atoms with van der Waals surface area (Å²) in [5.74, 6) is -1.23. The van der Waals surface area contributed by atoms with Crippen LogP contribution in [-0.4, -0.2) is 37.1 Å². The monoisotopic (exact) mass is 412 g/mol. The van der Waals surface area contributed by atoms with Gasteiger partial charge in [-0.1, -0.05) is 38.1 Å². The first kappa shape index (κ1) is 21.0. The highest BCUT2D eigenvalue weighted by atomic mass is 16.7. The first-order valence-corrected chi connectivity index (χ1v) is 9.52. The van der Waals surface area contributed by atoms with E-state index >= 15 is 0 Å². The van der Waals surface area contributed by atoms with Gasteiger partial charge in [0.2, 0.25) is 0 Å². The number of benzene rings is 2. The van der Waals surface area contributed by atoms with Crippen molar-refractivity contribution in [3.05, 3.63) is 58.7 Å². The number of hydrogen-bond donors (Lipinski definition) is 0. The summed E-state index contributed by atoms with van der Waals surface area (Å²) >= 11 is 0. The molecule has 0 saturated carbocycles. The molecule has 2 aromatic carbocycles. The van der Waals surface area contributed by atoms with Gasteiger partial charge in [-0.15, -0.1) is 0 Å². The minimum absolute atomic E-state index is 0.0336. The van der Waals surface area contributed by atoms with Gasteiger partial charge in [-0.25, -0.2) is 9.59 Å². The fourth-order valence-electron chi connectivity index (χ4n) is 2.96. The van der Waals surface area contributed by atoms with Crippen LogP contribution in [0.4, 0.5) is 9.59 Å². The van der Waals surface area contributed by atoms with Crippen molar-refractivity contribution in [2.24, 2.45) is 0 Å². The number of rotatable bonds is 6. The topological polar surface area (TPSA) is 105 Å². The van der Waals surface area contributed by atoms with E-state index in [0.29, 0.717) is 12.8 Å². The van der Waals surface area contributed by atoms with Crippen LogP contribution in [0.15, 0.2) is 36.4 Å². The molecule has 0 unspecified atom stereocenters. The van der Waals surface area contributed by atoms with Crippen LogP contribution in [0.3, 0.4) is 0 Å². The Morgan fingerprint density at radius 2 is 1.10 bits per heavy atom. The van der Waals surface area contributed by atoms with Crippen molar-refractivity contribution >= 4 is 23.9 Å². The van der Waals surface area contributed by atoms with Crippen LogP contribution in [0.5, 0.6) is 11.5 Å². The Bertz CT molecular complexity index is 927. The molecule has 0 amide bonds. The van der Waals surface area contributed by atoms with Gasteiger partial charge in [0.25, 0.3) is 0 Å². The zero-order valence-electron chi connectivity index (χ0n) is 16.6. The molecule has 0 N–H and O–H groups in total. The first-order chi connectivity index (χ1) is 14.5. The van der Waals surface area contributed by atoms with E-state index in [1.54, 1.807) is 0 Å². The maximum absolute atomic E-state index is 13.1. The summed E-state index contributed by atoms with van der Waals surface area (Å²) in [5, 5.41) is 0. The summed E-state index contributed by atoms with van der Waals surface area (Å²) in [7, 11) is 0. The molecule has 8 heteroatoms. The lowest BCUT2D eigenvalue weighted by Gasteiger charge is -2.21. The van der Waals surface area contributed by atoms with E-state index in [2.05, 4.69) is 0 Å². The van der Waals surface area contributed by atoms with E-state index in [0.717, 1.165) is 0 Å². The third-order valence-corrected chi connectivity index (χ3v) is 4.23. The normalized spacial score (nSPS) is 11.9. The third-order valence-electron chi connectivity index (χ3n) is 4.23. The number of ketones is 2. The molecule has 1 aliphatic carbocycles. The molecule has 0 saturated heterocycles. The van der Waals surface area contributed by atoms with Gasteiger partial charge in [0.05, 0.1) is 24.3 Å². The largest absolute Gasteiger partial charge is 0.513 e. The van der Waals surface area contributed by atoms with Crippen LogP contribution in [0.25, 0.3) is 0 Å². The number of fused-ring (bicyclic) bond motifs is 2. The van der Waals surface area contributed by atoms with Crippen LogP contribution in [0.1, 0.15) is 58.5 Å². The van der Waals surface area contributed by atoms with Crippen LogP contribution < -0.4 is 9.47 Å². The average molecular weight is 412 g/mol. The maximum Gasteiger partial charge on any atom is 0.513 e. The lowest BCUT2D eigenvalue weighted by atomic mass is 9.83. The van der Waals surface area contributed by atoms with Gasteiger partial charge in [0, 0.05) is 11.1 Å². The first-order valence-electron chi connectivity index (χ1n) is 9.52. The minimum atomic E-state index is -0.966. The van der Waals surface area contributed by atoms with E-state index in [1.807, 2.05) is 13.8 Å². The molecule has 0 bridgehead atoms. The van der Waals surface area contributed by atoms with E-state index in [-0.39, 0.29) is 47.0 Å². The molecule has 1 aliphatic rings. The molecule has 0 spiro atoms. The summed E-state index contributed by atoms with van der Waals surface area (Å²) in [6.07, 6.45) is -0.717. The van der Waals surface area contributed by atoms with E-state index in [1.165, 1.54) is 36.4 Å². The number of carbonyl (C=O) groups is 4. The molecule has 8 nitrogen and oxygen atoms in total. The summed E-state index contributed by atoms with van der Waals surface area (Å²) < 4.78 is 20.1. The minimum Gasteiger partial charge on any atom is -0.434 e. The SMILES string of the molecule is CCCOC(=O)Oc1cccc2c1C(=O)c1cccc(OC(=O)OCCC)c1C2=O. The van der Waals surface area contributed by atoms with Crippen molar-refractivity contribution in [3.63, 3.8) is 0 Å². The quantitative estimate of drug-likeness (QED) is 0.436. The highest BCUT2D eigenvalue weighted by Crippen LogP contribution is 2.37. The van der Waals surface area contributed by atoms with Gasteiger partial charge < -0.3 is 18.9 Å². The maximum atomic E-state index is 13.1. The van der Waals surface area contributed by atoms with E-state index in [4.69, 9.17) is 18.9 Å². The van der Waals surface area contributed by atoms with Gasteiger partial charge >= 0.3 is 12.3 Å². The lowest BCUT2D eigenvalue weighted by molar-refractivity contribution is 0.0921. The molecule has 0 aliphatic heterocycles. The zero-order valence-corrected chi connectivity index (χ0v) is 16.6. The van der Waals surface area contributed by atoms with Crippen molar-refractivity contribution in [2.45, 2.75) is 26.7 Å². The summed E-state index contributed by atoms with van der Waals surface area (Å²) in [6.45, 7) is 3.99. The van der Waals surface area contributed by atoms with Crippen molar-refractivity contribution in [2.75, 3.05) is 13.2 Å². The molecule has 0 aromatic heterocycles. The van der Waals surface area contributed by atoms with Crippen molar-refractivity contribution in [3.8, 4) is 11.5 Å². The molecule has 0 fully saturated rings. The summed E-state index contributed by atoms with van der Waals surface area (Å²) in [5.41, 5.74) is -0.0270. The number of ether oxygens (including phenoxy) is 4. The van der Waals surface area contributed by atoms with E-state index < -0.39 is 23.9 Å². The lowest BCUT2D eigenvalue weighted by Crippen LogP contribution is -2.24. The highest BCUT2D eigenvalue weighted by Gasteiger charge is 2.35. The van der Waals surface area contributed by atoms with Crippen LogP contribution in [0, 0.1) is 0 Å². The van der Waals surface area contributed by atoms with Crippen LogP contribution in [0.2, 0.25) is 0 Å². The van der Waals surface area contributed by atoms with Gasteiger partial charge in [-0.3, -0.25) is 9.59 Å². The molecule has 0 atom stereocenters. The van der Waals surface area contributed by atoms with Crippen molar-refractivity contribution < 1.29 is 38.1 Å². The Hall–Kier alpha value is -3.68. The Labute approximate surface area is 172 Å². The second-order valence-electron chi connectivity index (χ2n) is 6.42. The second kappa shape index (κ2) is 9.21. The van der Waals surface area contributed by atoms with Crippen LogP contribution >= 0.6 is 0 Å². The fourth-order valence-corrected chi connectivity index (χ4v) is 2.96. The number of hydrogen-bond acceptors (Lipinski definition) is 8. The molecule has 30 heavy (non-hydrogen) atoms. The predicted octanol–water partition coefficient (Wildman–Crippen LogP) is 4.31. The Morgan fingerprint density at radius 1 is 0.700 bits per heavy atom. The van der Waals surface area contributed by atoms with Gasteiger partial charge in [0.15, 0.2) is 11.6 Å². The molecule has 156 valence electrons. The molecule has 0 heterocycles. The van der Waals surface area contributed by atoms with Gasteiger partial charge in [0.1, 0.15) is 11.5 Å². The second-order valence-corrected chi connectivity index (χ2v) is 6.42. The molecule has 0 radical (unpaired) electrons. The van der Waals surface area contributed by atoms with Gasteiger partial charge in [-0.2, -0.15) is 0 Å². The Morgan fingerprint density at radius 3 is 1.47 bits per heavy atom. The Balaban J connectivity index is 1.97. The standard InChI is InChI=1S/C22H20O8/c1-3-11-27-21(25)29-15-9-5-7-13-17(15)19(23)14-8-6-10-16(18(14)20(13)24)30-22(26)28-12-4-2/h5-10H,3-4,11-12H2,1-2H3. The van der Waals surface area contributed by atoms with E-state index in [9.17, 15) is 19.2 Å². The third kappa shape index (κ3) is 4.17. The average Bonchev–Trinajstić information content (AvgIpc) is 2.74. The summed E-state index contributed by atoms with van der Waals surface area (Å²) in [4.78, 5) is 49.9. The molecular weight excluding hydrogens is 392 g/mol. The van der Waals surface area contributed by atoms with Crippen molar-refractivity contribution in [1.82, 2.24) is 0 Å². The fraction of sp³-hybridized carbons (Fsp3) is 0.273. The molecular formula is C22H20O8. The van der Waals surface area contributed by atoms with Crippen molar-refractivity contribution in [1.29, 1.82) is 0 Å². The smallest absolute Gasteiger partial charge is 0.434 e. The zero-order chi connectivity index (χ0) is 21.7. The number of carbonyl (C=O) groups excluding carboxylic acids is 4. The Kier molecular flexibility index (Phi) is 6.46. The molecule has 2 aromatic rings. The van der Waals surface area contributed by atoms with Gasteiger partial charge in [-0.05, 0) is 25.0 Å². The molecule has 3 rings (SSSR count).